The van der Waals surface area contributed by atoms with Crippen LogP contribution < -0.4 is 0 Å². The third kappa shape index (κ3) is 10.4. The number of carbonyl (C=O) groups is 2. The SMILES string of the molecule is CCc1c(N=NC2=C3C=CC(=S(=O)([O-])O)C=C3C=CC2=O)cccc1[N+](=O)[O-].CCc1c(N=NC2=C3C=CC(=S(=O)([O-])O)C=C3C=CC2=O)cccc1[N+](=O)[O-].[Ba+2]. The van der Waals surface area contributed by atoms with E-state index in [1.807, 2.05) is 0 Å². The molecule has 0 saturated heterocycles. The van der Waals surface area contributed by atoms with Crippen molar-refractivity contribution in [2.45, 2.75) is 26.7 Å². The second kappa shape index (κ2) is 18.6. The summed E-state index contributed by atoms with van der Waals surface area (Å²) in [5.41, 5.74) is 2.49. The number of fused-ring (bicyclic) bond motifs is 2. The van der Waals surface area contributed by atoms with Crippen LogP contribution in [-0.2, 0) is 42.6 Å². The zero-order valence-corrected chi connectivity index (χ0v) is 35.9. The fourth-order valence-electron chi connectivity index (χ4n) is 5.66. The number of carbonyl (C=O) groups excluding carboxylic acids is 2. The van der Waals surface area contributed by atoms with Crippen molar-refractivity contribution in [3.63, 3.8) is 0 Å². The van der Waals surface area contributed by atoms with Gasteiger partial charge in [-0.05, 0) is 72.6 Å². The van der Waals surface area contributed by atoms with E-state index in [2.05, 4.69) is 20.5 Å². The number of ketones is 2. The Labute approximate surface area is 365 Å². The molecule has 2 aromatic carbocycles. The number of nitro groups is 2. The molecule has 2 atom stereocenters. The van der Waals surface area contributed by atoms with Gasteiger partial charge in [0.15, 0.2) is 0 Å². The van der Waals surface area contributed by atoms with E-state index < -0.39 is 41.6 Å². The molecule has 18 nitrogen and oxygen atoms in total. The van der Waals surface area contributed by atoms with Gasteiger partial charge < -0.3 is 18.2 Å². The van der Waals surface area contributed by atoms with E-state index in [4.69, 9.17) is 9.11 Å². The maximum absolute atomic E-state index is 12.2. The Hall–Kier alpha value is -4.85. The average molecular weight is 938 g/mol. The van der Waals surface area contributed by atoms with Crippen molar-refractivity contribution in [3.05, 3.63) is 162 Å². The molecule has 0 aliphatic heterocycles. The maximum atomic E-state index is 12.2. The fourth-order valence-corrected chi connectivity index (χ4v) is 6.69. The van der Waals surface area contributed by atoms with Gasteiger partial charge in [0.1, 0.15) is 11.4 Å². The Morgan fingerprint density at radius 2 is 0.965 bits per heavy atom. The molecule has 0 amide bonds. The summed E-state index contributed by atoms with van der Waals surface area (Å²) in [6.45, 7) is 3.49. The topological polar surface area (TPSA) is 291 Å². The van der Waals surface area contributed by atoms with Crippen molar-refractivity contribution in [2.24, 2.45) is 20.5 Å². The van der Waals surface area contributed by atoms with Crippen LogP contribution in [0.15, 0.2) is 151 Å². The van der Waals surface area contributed by atoms with Gasteiger partial charge in [-0.1, -0.05) is 50.3 Å². The van der Waals surface area contributed by atoms with Crippen LogP contribution in [0.4, 0.5) is 22.7 Å². The largest absolute Gasteiger partial charge is 2.00 e. The molecule has 2 unspecified atom stereocenters. The molecule has 6 rings (SSSR count). The van der Waals surface area contributed by atoms with Gasteiger partial charge in [-0.25, -0.2) is 0 Å². The first-order chi connectivity index (χ1) is 26.4. The second-order valence-electron chi connectivity index (χ2n) is 11.7. The standard InChI is InChI=1S/2C18H15N3O6S.Ba/c2*1-2-13-15(4-3-5-16(13)21(23)24)19-20-18-14-8-7-12(28(25,26)27)10-11(14)6-9-17(18)22;/h2*3-10H,2H2,1H3,(H2,25,26,27);/q;;+2/p-2. The van der Waals surface area contributed by atoms with Crippen molar-refractivity contribution in [3.8, 4) is 0 Å². The number of rotatable bonds is 8. The van der Waals surface area contributed by atoms with Crippen LogP contribution in [0.2, 0.25) is 0 Å². The molecular weight excluding hydrogens is 910 g/mol. The van der Waals surface area contributed by atoms with Crippen LogP contribution in [-0.4, -0.2) is 107 Å². The van der Waals surface area contributed by atoms with Gasteiger partial charge in [0.2, 0.25) is 11.6 Å². The summed E-state index contributed by atoms with van der Waals surface area (Å²) in [5, 5.41) is 38.3. The van der Waals surface area contributed by atoms with Crippen LogP contribution in [0, 0.1) is 20.2 Å². The molecule has 21 heteroatoms. The van der Waals surface area contributed by atoms with Crippen molar-refractivity contribution < 1.29 is 46.1 Å². The van der Waals surface area contributed by atoms with Crippen molar-refractivity contribution in [1.82, 2.24) is 0 Å². The van der Waals surface area contributed by atoms with Gasteiger partial charge in [0, 0.05) is 53.2 Å². The summed E-state index contributed by atoms with van der Waals surface area (Å²) in [5.74, 6) is -0.890. The number of hydrogen-bond donors (Lipinski definition) is 2. The van der Waals surface area contributed by atoms with Gasteiger partial charge >= 0.3 is 48.9 Å². The number of benzene rings is 2. The first-order valence-electron chi connectivity index (χ1n) is 16.2. The summed E-state index contributed by atoms with van der Waals surface area (Å²) < 4.78 is 63.5. The van der Waals surface area contributed by atoms with E-state index in [9.17, 15) is 47.3 Å². The first-order valence-corrected chi connectivity index (χ1v) is 19.1. The molecule has 57 heavy (non-hydrogen) atoms. The van der Waals surface area contributed by atoms with Gasteiger partial charge in [-0.2, -0.15) is 0 Å². The third-order valence-electron chi connectivity index (χ3n) is 8.32. The Bertz CT molecular complexity index is 2500. The number of allylic oxidation sites excluding steroid dienone is 14. The Morgan fingerprint density at radius 3 is 1.28 bits per heavy atom. The average Bonchev–Trinajstić information content (AvgIpc) is 3.15. The molecule has 4 aliphatic carbocycles. The molecule has 0 spiro atoms. The number of azo groups is 2. The Morgan fingerprint density at radius 1 is 0.596 bits per heavy atom. The Balaban J connectivity index is 0.000000248. The summed E-state index contributed by atoms with van der Waals surface area (Å²) in [6, 6.07) is 8.80. The van der Waals surface area contributed by atoms with Crippen LogP contribution in [0.3, 0.4) is 0 Å². The van der Waals surface area contributed by atoms with E-state index >= 15 is 0 Å². The van der Waals surface area contributed by atoms with E-state index in [1.54, 1.807) is 26.0 Å². The normalized spacial score (nSPS) is 18.0. The quantitative estimate of drug-likeness (QED) is 0.101. The first kappa shape index (κ1) is 44.9. The fraction of sp³-hybridized carbons (Fsp3) is 0.111. The number of nitrogens with zero attached hydrogens (tertiary/aromatic N) is 6. The van der Waals surface area contributed by atoms with Crippen molar-refractivity contribution in [1.29, 1.82) is 0 Å². The van der Waals surface area contributed by atoms with E-state index in [-0.39, 0.29) is 92.8 Å². The molecule has 0 saturated carbocycles. The minimum atomic E-state index is -4.39. The zero-order valence-electron chi connectivity index (χ0n) is 29.8. The maximum Gasteiger partial charge on any atom is 2.00 e. The van der Waals surface area contributed by atoms with Crippen LogP contribution in [0.5, 0.6) is 0 Å². The number of hydrogen-bond acceptors (Lipinski definition) is 14. The van der Waals surface area contributed by atoms with Gasteiger partial charge in [0.05, 0.1) is 32.3 Å². The molecule has 0 radical (unpaired) electrons. The molecular formula is C36H28BaN6O12S2. The predicted molar refractivity (Wildman–Crippen MR) is 210 cm³/mol. The van der Waals surface area contributed by atoms with E-state index in [0.29, 0.717) is 46.3 Å². The molecule has 0 aromatic heterocycles. The number of nitro benzene ring substituents is 2. The monoisotopic (exact) mass is 938 g/mol. The Kier molecular flexibility index (Phi) is 14.6. The minimum Gasteiger partial charge on any atom is -0.757 e. The van der Waals surface area contributed by atoms with Crippen LogP contribution >= 0.6 is 0 Å². The van der Waals surface area contributed by atoms with E-state index in [1.165, 1.54) is 72.9 Å². The summed E-state index contributed by atoms with van der Waals surface area (Å²) in [4.78, 5) is 45.2. The van der Waals surface area contributed by atoms with Crippen molar-refractivity contribution in [2.75, 3.05) is 0 Å². The summed E-state index contributed by atoms with van der Waals surface area (Å²) in [6.07, 6.45) is 13.4. The smallest absolute Gasteiger partial charge is 0.757 e. The minimum absolute atomic E-state index is 0. The molecule has 4 aliphatic rings. The van der Waals surface area contributed by atoms with Crippen molar-refractivity contribution >= 4 is 113 Å². The molecule has 288 valence electrons. The molecule has 0 bridgehead atoms. The summed E-state index contributed by atoms with van der Waals surface area (Å²) >= 11 is 0. The van der Waals surface area contributed by atoms with Gasteiger partial charge in [0.25, 0.3) is 11.4 Å². The van der Waals surface area contributed by atoms with Crippen LogP contribution in [0.25, 0.3) is 0 Å². The molecule has 2 N–H and O–H groups in total. The van der Waals surface area contributed by atoms with E-state index in [0.717, 1.165) is 12.2 Å². The molecule has 0 fully saturated rings. The third-order valence-corrected chi connectivity index (χ3v) is 10.0. The molecule has 2 aromatic rings. The predicted octanol–water partition coefficient (Wildman–Crippen LogP) is 6.00. The zero-order chi connectivity index (χ0) is 40.9. The summed E-state index contributed by atoms with van der Waals surface area (Å²) in [7, 11) is -8.78. The van der Waals surface area contributed by atoms with Gasteiger partial charge in [-0.15, -0.1) is 20.5 Å². The second-order valence-corrected chi connectivity index (χ2v) is 14.6. The molecule has 0 heterocycles. The van der Waals surface area contributed by atoms with Gasteiger partial charge in [-0.3, -0.25) is 38.2 Å². The van der Waals surface area contributed by atoms with Crippen LogP contribution in [0.1, 0.15) is 25.0 Å².